The molecule has 4 rings (SSSR count). The van der Waals surface area contributed by atoms with Gasteiger partial charge in [0, 0.05) is 5.39 Å². The quantitative estimate of drug-likeness (QED) is 0.451. The van der Waals surface area contributed by atoms with E-state index in [-0.39, 0.29) is 0 Å². The van der Waals surface area contributed by atoms with Crippen molar-refractivity contribution in [2.45, 2.75) is 0 Å². The highest BCUT2D eigenvalue weighted by Crippen LogP contribution is 2.22. The van der Waals surface area contributed by atoms with Crippen molar-refractivity contribution >= 4 is 33.3 Å². The Morgan fingerprint density at radius 1 is 0.783 bits per heavy atom. The van der Waals surface area contributed by atoms with Crippen LogP contribution in [0.15, 0.2) is 88.8 Å². The summed E-state index contributed by atoms with van der Waals surface area (Å²) in [7, 11) is 0. The first kappa shape index (κ1) is 13.5. The molecule has 0 saturated carbocycles. The highest BCUT2D eigenvalue weighted by molar-refractivity contribution is 5.97. The van der Waals surface area contributed by atoms with Crippen molar-refractivity contribution in [2.24, 2.45) is 4.99 Å². The van der Waals surface area contributed by atoms with Crippen molar-refractivity contribution < 1.29 is 4.42 Å². The van der Waals surface area contributed by atoms with E-state index in [1.54, 1.807) is 6.08 Å². The third-order valence-electron chi connectivity index (χ3n) is 3.85. The van der Waals surface area contributed by atoms with Crippen LogP contribution in [-0.2, 0) is 0 Å². The monoisotopic (exact) mass is 297 g/mol. The van der Waals surface area contributed by atoms with Gasteiger partial charge in [0.15, 0.2) is 0 Å². The highest BCUT2D eigenvalue weighted by Gasteiger charge is 2.04. The maximum atomic E-state index is 5.91. The minimum Gasteiger partial charge on any atom is -0.438 e. The highest BCUT2D eigenvalue weighted by atomic mass is 16.3. The number of para-hydroxylation sites is 1. The van der Waals surface area contributed by atoms with Gasteiger partial charge in [-0.1, -0.05) is 49.0 Å². The van der Waals surface area contributed by atoms with E-state index in [1.807, 2.05) is 48.5 Å². The Labute approximate surface area is 134 Å². The van der Waals surface area contributed by atoms with E-state index in [0.717, 1.165) is 16.5 Å². The zero-order valence-corrected chi connectivity index (χ0v) is 12.6. The first-order valence-electron chi connectivity index (χ1n) is 7.52. The van der Waals surface area contributed by atoms with E-state index in [1.165, 1.54) is 10.8 Å². The van der Waals surface area contributed by atoms with Crippen LogP contribution in [0.3, 0.4) is 0 Å². The standard InChI is InChI=1S/C21H15NO/c1-2-19-13-17-12-15-8-6-7-9-16(15)14-20(17)21(23-19)22-18-10-4-3-5-11-18/h2-14H,1H2. The molecule has 0 aliphatic rings. The summed E-state index contributed by atoms with van der Waals surface area (Å²) < 4.78 is 5.91. The largest absolute Gasteiger partial charge is 0.438 e. The van der Waals surface area contributed by atoms with Crippen molar-refractivity contribution in [1.82, 2.24) is 0 Å². The second kappa shape index (κ2) is 5.58. The number of fused-ring (bicyclic) bond motifs is 2. The molecule has 0 amide bonds. The second-order valence-corrected chi connectivity index (χ2v) is 5.39. The van der Waals surface area contributed by atoms with Gasteiger partial charge in [-0.2, -0.15) is 0 Å². The van der Waals surface area contributed by atoms with Gasteiger partial charge in [0.25, 0.3) is 0 Å². The second-order valence-electron chi connectivity index (χ2n) is 5.39. The van der Waals surface area contributed by atoms with Gasteiger partial charge in [-0.15, -0.1) is 0 Å². The average molecular weight is 297 g/mol. The average Bonchev–Trinajstić information content (AvgIpc) is 2.61. The Morgan fingerprint density at radius 2 is 1.48 bits per heavy atom. The maximum Gasteiger partial charge on any atom is 0.227 e. The molecule has 1 aromatic heterocycles. The lowest BCUT2D eigenvalue weighted by molar-refractivity contribution is 0.496. The van der Waals surface area contributed by atoms with E-state index in [4.69, 9.17) is 4.42 Å². The topological polar surface area (TPSA) is 25.5 Å². The molecule has 0 aliphatic carbocycles. The predicted molar refractivity (Wildman–Crippen MR) is 95.5 cm³/mol. The zero-order chi connectivity index (χ0) is 15.6. The van der Waals surface area contributed by atoms with Gasteiger partial charge in [-0.25, -0.2) is 4.99 Å². The Bertz CT molecular complexity index is 1080. The molecule has 0 N–H and O–H groups in total. The lowest BCUT2D eigenvalue weighted by Gasteiger charge is -2.04. The van der Waals surface area contributed by atoms with E-state index in [0.29, 0.717) is 11.3 Å². The summed E-state index contributed by atoms with van der Waals surface area (Å²) in [5.41, 5.74) is 1.47. The number of benzene rings is 3. The molecule has 0 aliphatic heterocycles. The molecule has 0 atom stereocenters. The number of nitrogens with zero attached hydrogens (tertiary/aromatic N) is 1. The van der Waals surface area contributed by atoms with Crippen molar-refractivity contribution in [3.63, 3.8) is 0 Å². The van der Waals surface area contributed by atoms with E-state index >= 15 is 0 Å². The SMILES string of the molecule is C=Cc1cc2cc3ccccc3cc2c(=Nc2ccccc2)o1. The summed E-state index contributed by atoms with van der Waals surface area (Å²) in [5.74, 6) is 0.711. The van der Waals surface area contributed by atoms with Gasteiger partial charge >= 0.3 is 0 Å². The summed E-state index contributed by atoms with van der Waals surface area (Å²) >= 11 is 0. The molecule has 0 unspecified atom stereocenters. The fourth-order valence-electron chi connectivity index (χ4n) is 2.72. The van der Waals surface area contributed by atoms with Gasteiger partial charge in [0.2, 0.25) is 5.55 Å². The van der Waals surface area contributed by atoms with Crippen LogP contribution in [0, 0.1) is 0 Å². The number of hydrogen-bond acceptors (Lipinski definition) is 2. The molecule has 0 fully saturated rings. The number of hydrogen-bond donors (Lipinski definition) is 0. The van der Waals surface area contributed by atoms with Crippen LogP contribution >= 0.6 is 0 Å². The smallest absolute Gasteiger partial charge is 0.227 e. The summed E-state index contributed by atoms with van der Waals surface area (Å²) in [5, 5.41) is 4.47. The fraction of sp³-hybridized carbons (Fsp3) is 0. The van der Waals surface area contributed by atoms with Gasteiger partial charge in [0.1, 0.15) is 5.76 Å². The van der Waals surface area contributed by atoms with Crippen molar-refractivity contribution in [1.29, 1.82) is 0 Å². The third-order valence-corrected chi connectivity index (χ3v) is 3.85. The van der Waals surface area contributed by atoms with Crippen LogP contribution in [0.1, 0.15) is 5.76 Å². The van der Waals surface area contributed by atoms with E-state index < -0.39 is 0 Å². The minimum atomic E-state index is 0.606. The molecule has 0 saturated heterocycles. The molecule has 4 aromatic rings. The van der Waals surface area contributed by atoms with Crippen LogP contribution in [0.25, 0.3) is 27.6 Å². The number of rotatable bonds is 2. The lowest BCUT2D eigenvalue weighted by Crippen LogP contribution is -2.03. The molecule has 0 spiro atoms. The zero-order valence-electron chi connectivity index (χ0n) is 12.6. The first-order valence-corrected chi connectivity index (χ1v) is 7.52. The maximum absolute atomic E-state index is 5.91. The molecule has 2 heteroatoms. The molecule has 23 heavy (non-hydrogen) atoms. The molecule has 110 valence electrons. The summed E-state index contributed by atoms with van der Waals surface area (Å²) in [6, 6.07) is 24.4. The predicted octanol–water partition coefficient (Wildman–Crippen LogP) is 5.46. The minimum absolute atomic E-state index is 0.606. The summed E-state index contributed by atoms with van der Waals surface area (Å²) in [4.78, 5) is 4.67. The molecule has 2 nitrogen and oxygen atoms in total. The van der Waals surface area contributed by atoms with Crippen molar-refractivity contribution in [2.75, 3.05) is 0 Å². The molecule has 3 aromatic carbocycles. The van der Waals surface area contributed by atoms with Crippen molar-refractivity contribution in [3.05, 3.63) is 90.7 Å². The van der Waals surface area contributed by atoms with E-state index in [2.05, 4.69) is 35.8 Å². The summed E-state index contributed by atoms with van der Waals surface area (Å²) in [6.45, 7) is 3.81. The van der Waals surface area contributed by atoms with Crippen LogP contribution in [0.2, 0.25) is 0 Å². The van der Waals surface area contributed by atoms with Crippen LogP contribution in [-0.4, -0.2) is 0 Å². The van der Waals surface area contributed by atoms with Crippen LogP contribution < -0.4 is 5.55 Å². The Hall–Kier alpha value is -3.13. The summed E-state index contributed by atoms with van der Waals surface area (Å²) in [6.07, 6.45) is 1.71. The van der Waals surface area contributed by atoms with Gasteiger partial charge < -0.3 is 4.42 Å². The van der Waals surface area contributed by atoms with Crippen LogP contribution in [0.5, 0.6) is 0 Å². The van der Waals surface area contributed by atoms with E-state index in [9.17, 15) is 0 Å². The normalized spacial score (nSPS) is 11.9. The molecule has 1 heterocycles. The Kier molecular flexibility index (Phi) is 3.28. The molecule has 0 bridgehead atoms. The first-order chi connectivity index (χ1) is 11.3. The van der Waals surface area contributed by atoms with Gasteiger partial charge in [-0.3, -0.25) is 0 Å². The molecular formula is C21H15NO. The Morgan fingerprint density at radius 3 is 2.22 bits per heavy atom. The molecule has 0 radical (unpaired) electrons. The van der Waals surface area contributed by atoms with Crippen LogP contribution in [0.4, 0.5) is 5.69 Å². The lowest BCUT2D eigenvalue weighted by atomic mass is 10.0. The molecular weight excluding hydrogens is 282 g/mol. The van der Waals surface area contributed by atoms with Crippen molar-refractivity contribution in [3.8, 4) is 0 Å². The van der Waals surface area contributed by atoms with Gasteiger partial charge in [-0.05, 0) is 52.6 Å². The third kappa shape index (κ3) is 2.55. The van der Waals surface area contributed by atoms with Gasteiger partial charge in [0.05, 0.1) is 5.69 Å². The Balaban J connectivity index is 2.10. The fourth-order valence-corrected chi connectivity index (χ4v) is 2.72.